The van der Waals surface area contributed by atoms with Gasteiger partial charge in [-0.1, -0.05) is 42.5 Å². The van der Waals surface area contributed by atoms with Crippen LogP contribution in [0.1, 0.15) is 16.1 Å². The zero-order chi connectivity index (χ0) is 16.2. The summed E-state index contributed by atoms with van der Waals surface area (Å²) in [6, 6.07) is 17.9. The van der Waals surface area contributed by atoms with E-state index in [1.165, 1.54) is 12.7 Å². The molecule has 0 saturated carbocycles. The summed E-state index contributed by atoms with van der Waals surface area (Å²) >= 11 is 0. The number of carbonyl (C=O) groups is 1. The number of carbonyl (C=O) groups excluding carboxylic acids is 1. The van der Waals surface area contributed by atoms with Gasteiger partial charge in [0.2, 0.25) is 0 Å². The highest BCUT2D eigenvalue weighted by atomic mass is 16.5. The lowest BCUT2D eigenvalue weighted by atomic mass is 10.2. The molecular weight excluding hydrogens is 290 g/mol. The maximum absolute atomic E-state index is 11.8. The molecule has 0 N–H and O–H groups in total. The van der Waals surface area contributed by atoms with Crippen molar-refractivity contribution in [3.05, 3.63) is 65.9 Å². The van der Waals surface area contributed by atoms with Gasteiger partial charge in [-0.2, -0.15) is 0 Å². The second-order valence-electron chi connectivity index (χ2n) is 5.36. The van der Waals surface area contributed by atoms with E-state index in [0.29, 0.717) is 12.3 Å². The minimum atomic E-state index is -0.348. The molecule has 1 heterocycles. The number of aryl methyl sites for hydroxylation is 1. The first kappa shape index (κ1) is 15.2. The van der Waals surface area contributed by atoms with Gasteiger partial charge in [-0.15, -0.1) is 0 Å². The molecule has 0 fully saturated rings. The van der Waals surface area contributed by atoms with Gasteiger partial charge in [-0.3, -0.25) is 0 Å². The summed E-state index contributed by atoms with van der Waals surface area (Å²) in [5, 5.41) is 0.963. The molecule has 0 unspecified atom stereocenters. The molecule has 3 rings (SSSR count). The number of hydrogen-bond acceptors (Lipinski definition) is 3. The van der Waals surface area contributed by atoms with Crippen molar-refractivity contribution in [2.24, 2.45) is 7.05 Å². The minimum absolute atomic E-state index is 0.348. The van der Waals surface area contributed by atoms with Crippen LogP contribution in [0.2, 0.25) is 0 Å². The zero-order valence-corrected chi connectivity index (χ0v) is 13.3. The average Bonchev–Trinajstić information content (AvgIpc) is 2.93. The normalized spacial score (nSPS) is 10.7. The Morgan fingerprint density at radius 2 is 1.87 bits per heavy atom. The number of esters is 1. The summed E-state index contributed by atoms with van der Waals surface area (Å²) in [7, 11) is 3.23. The van der Waals surface area contributed by atoms with E-state index >= 15 is 0 Å². The number of benzene rings is 2. The van der Waals surface area contributed by atoms with E-state index < -0.39 is 0 Å². The third-order valence-corrected chi connectivity index (χ3v) is 3.90. The van der Waals surface area contributed by atoms with E-state index in [9.17, 15) is 4.79 Å². The van der Waals surface area contributed by atoms with Crippen LogP contribution in [0.3, 0.4) is 0 Å². The molecule has 0 aliphatic rings. The van der Waals surface area contributed by atoms with Crippen molar-refractivity contribution in [3.63, 3.8) is 0 Å². The van der Waals surface area contributed by atoms with Gasteiger partial charge in [-0.05, 0) is 17.7 Å². The molecule has 4 nitrogen and oxygen atoms in total. The SMILES string of the molecule is COC(=O)c1cc2cccc(OCCc3ccccc3)c2n1C. The maximum Gasteiger partial charge on any atom is 0.354 e. The zero-order valence-electron chi connectivity index (χ0n) is 13.3. The van der Waals surface area contributed by atoms with Crippen LogP contribution in [0, 0.1) is 0 Å². The largest absolute Gasteiger partial charge is 0.491 e. The van der Waals surface area contributed by atoms with E-state index in [2.05, 4.69) is 12.1 Å². The van der Waals surface area contributed by atoms with E-state index in [1.807, 2.05) is 54.1 Å². The Morgan fingerprint density at radius 1 is 1.09 bits per heavy atom. The third-order valence-electron chi connectivity index (χ3n) is 3.90. The average molecular weight is 309 g/mol. The molecule has 0 saturated heterocycles. The Morgan fingerprint density at radius 3 is 2.61 bits per heavy atom. The van der Waals surface area contributed by atoms with Gasteiger partial charge < -0.3 is 14.0 Å². The third kappa shape index (κ3) is 3.06. The molecule has 0 atom stereocenters. The lowest BCUT2D eigenvalue weighted by Gasteiger charge is -2.10. The van der Waals surface area contributed by atoms with Crippen LogP contribution in [-0.2, 0) is 18.2 Å². The number of aromatic nitrogens is 1. The molecule has 4 heteroatoms. The van der Waals surface area contributed by atoms with Crippen molar-refractivity contribution in [2.75, 3.05) is 13.7 Å². The summed E-state index contributed by atoms with van der Waals surface area (Å²) in [5.41, 5.74) is 2.66. The van der Waals surface area contributed by atoms with E-state index in [4.69, 9.17) is 9.47 Å². The lowest BCUT2D eigenvalue weighted by molar-refractivity contribution is 0.0590. The smallest absolute Gasteiger partial charge is 0.354 e. The summed E-state index contributed by atoms with van der Waals surface area (Å²) in [4.78, 5) is 11.8. The van der Waals surface area contributed by atoms with Crippen molar-refractivity contribution < 1.29 is 14.3 Å². The van der Waals surface area contributed by atoms with Crippen LogP contribution < -0.4 is 4.74 Å². The fraction of sp³-hybridized carbons (Fsp3) is 0.211. The maximum atomic E-state index is 11.8. The summed E-state index contributed by atoms with van der Waals surface area (Å²) in [5.74, 6) is 0.426. The fourth-order valence-corrected chi connectivity index (χ4v) is 2.72. The monoisotopic (exact) mass is 309 g/mol. The Kier molecular flexibility index (Phi) is 4.33. The molecular formula is C19H19NO3. The second kappa shape index (κ2) is 6.57. The van der Waals surface area contributed by atoms with Gasteiger partial charge in [0.05, 0.1) is 19.2 Å². The number of ether oxygens (including phenoxy) is 2. The lowest BCUT2D eigenvalue weighted by Crippen LogP contribution is -2.08. The molecule has 0 radical (unpaired) electrons. The number of nitrogens with zero attached hydrogens (tertiary/aromatic N) is 1. The Balaban J connectivity index is 1.83. The van der Waals surface area contributed by atoms with Gasteiger partial charge in [0.15, 0.2) is 0 Å². The van der Waals surface area contributed by atoms with Crippen molar-refractivity contribution >= 4 is 16.9 Å². The second-order valence-corrected chi connectivity index (χ2v) is 5.36. The van der Waals surface area contributed by atoms with Crippen LogP contribution in [0.25, 0.3) is 10.9 Å². The van der Waals surface area contributed by atoms with Gasteiger partial charge in [0.25, 0.3) is 0 Å². The predicted molar refractivity (Wildman–Crippen MR) is 89.9 cm³/mol. The molecule has 1 aromatic heterocycles. The molecule has 0 amide bonds. The van der Waals surface area contributed by atoms with Crippen molar-refractivity contribution in [2.45, 2.75) is 6.42 Å². The summed E-state index contributed by atoms with van der Waals surface area (Å²) in [6.45, 7) is 0.585. The summed E-state index contributed by atoms with van der Waals surface area (Å²) in [6.07, 6.45) is 0.839. The molecule has 23 heavy (non-hydrogen) atoms. The molecule has 0 aliphatic heterocycles. The van der Waals surface area contributed by atoms with Crippen LogP contribution in [0.5, 0.6) is 5.75 Å². The number of para-hydroxylation sites is 1. The molecule has 118 valence electrons. The minimum Gasteiger partial charge on any atom is -0.491 e. The van der Waals surface area contributed by atoms with Crippen LogP contribution in [0.4, 0.5) is 0 Å². The Hall–Kier alpha value is -2.75. The van der Waals surface area contributed by atoms with Crippen molar-refractivity contribution in [1.82, 2.24) is 4.57 Å². The quantitative estimate of drug-likeness (QED) is 0.676. The molecule has 2 aromatic carbocycles. The van der Waals surface area contributed by atoms with E-state index in [-0.39, 0.29) is 5.97 Å². The van der Waals surface area contributed by atoms with Gasteiger partial charge in [0.1, 0.15) is 11.4 Å². The topological polar surface area (TPSA) is 40.5 Å². The first-order valence-corrected chi connectivity index (χ1v) is 7.54. The summed E-state index contributed by atoms with van der Waals surface area (Å²) < 4.78 is 12.6. The predicted octanol–water partition coefficient (Wildman–Crippen LogP) is 3.59. The van der Waals surface area contributed by atoms with Crippen LogP contribution in [-0.4, -0.2) is 24.3 Å². The Labute approximate surface area is 135 Å². The highest BCUT2D eigenvalue weighted by Crippen LogP contribution is 2.28. The van der Waals surface area contributed by atoms with Crippen LogP contribution >= 0.6 is 0 Å². The molecule has 0 spiro atoms. The van der Waals surface area contributed by atoms with Crippen LogP contribution in [0.15, 0.2) is 54.6 Å². The molecule has 0 bridgehead atoms. The highest BCUT2D eigenvalue weighted by molar-refractivity contribution is 5.97. The van der Waals surface area contributed by atoms with Gasteiger partial charge in [-0.25, -0.2) is 4.79 Å². The number of methoxy groups -OCH3 is 1. The fourth-order valence-electron chi connectivity index (χ4n) is 2.72. The number of fused-ring (bicyclic) bond motifs is 1. The van der Waals surface area contributed by atoms with Crippen molar-refractivity contribution in [3.8, 4) is 5.75 Å². The molecule has 3 aromatic rings. The van der Waals surface area contributed by atoms with E-state index in [0.717, 1.165) is 23.1 Å². The first-order valence-electron chi connectivity index (χ1n) is 7.54. The number of hydrogen-bond donors (Lipinski definition) is 0. The van der Waals surface area contributed by atoms with Gasteiger partial charge in [0, 0.05) is 18.9 Å². The Bertz CT molecular complexity index is 821. The molecule has 0 aliphatic carbocycles. The van der Waals surface area contributed by atoms with Gasteiger partial charge >= 0.3 is 5.97 Å². The highest BCUT2D eigenvalue weighted by Gasteiger charge is 2.16. The number of rotatable bonds is 5. The van der Waals surface area contributed by atoms with Crippen molar-refractivity contribution in [1.29, 1.82) is 0 Å². The first-order chi connectivity index (χ1) is 11.2. The van der Waals surface area contributed by atoms with E-state index in [1.54, 1.807) is 0 Å². The standard InChI is InChI=1S/C19H19NO3/c1-20-16(19(21)22-2)13-15-9-6-10-17(18(15)20)23-12-11-14-7-4-3-5-8-14/h3-10,13H,11-12H2,1-2H3.